The summed E-state index contributed by atoms with van der Waals surface area (Å²) in [6, 6.07) is -0.224. The van der Waals surface area contributed by atoms with Gasteiger partial charge >= 0.3 is 5.97 Å². The molecular weight excluding hydrogens is 466 g/mol. The Morgan fingerprint density at radius 3 is 2.58 bits per heavy atom. The minimum Gasteiger partial charge on any atom is -0.456 e. The number of nitrogens with zero attached hydrogens (tertiary/aromatic N) is 1. The fraction of sp³-hybridized carbons (Fsp3) is 0.963. The highest BCUT2D eigenvalue weighted by Crippen LogP contribution is 2.83. The van der Waals surface area contributed by atoms with E-state index in [1.807, 2.05) is 0 Å². The molecule has 2 aliphatic heterocycles. The lowest BCUT2D eigenvalue weighted by atomic mass is 9.41. The number of aliphatic hydroxyl groups is 1. The molecule has 7 bridgehead atoms. The predicted octanol–water partition coefficient (Wildman–Crippen LogP) is 1.35. The van der Waals surface area contributed by atoms with Gasteiger partial charge in [0.1, 0.15) is 18.0 Å². The van der Waals surface area contributed by atoms with Crippen LogP contribution in [0.3, 0.4) is 0 Å². The molecule has 5 saturated carbocycles. The molecule has 9 nitrogen and oxygen atoms in total. The van der Waals surface area contributed by atoms with Crippen molar-refractivity contribution in [1.29, 1.82) is 0 Å². The van der Waals surface area contributed by atoms with Gasteiger partial charge in [-0.15, -0.1) is 0 Å². The Balaban J connectivity index is 1.61. The summed E-state index contributed by atoms with van der Waals surface area (Å²) in [5.74, 6) is -0.210. The smallest absolute Gasteiger partial charge is 0.303 e. The van der Waals surface area contributed by atoms with E-state index in [-0.39, 0.29) is 48.9 Å². The highest BCUT2D eigenvalue weighted by atomic mass is 16.7. The van der Waals surface area contributed by atoms with Crippen molar-refractivity contribution in [2.75, 3.05) is 41.2 Å². The summed E-state index contributed by atoms with van der Waals surface area (Å²) in [5, 5.41) is 13.4. The molecule has 3 spiro atoms. The first-order valence-corrected chi connectivity index (χ1v) is 13.7. The third-order valence-corrected chi connectivity index (χ3v) is 12.3. The van der Waals surface area contributed by atoms with Crippen molar-refractivity contribution in [3.63, 3.8) is 0 Å². The van der Waals surface area contributed by atoms with Gasteiger partial charge in [0, 0.05) is 58.5 Å². The standard InChI is InChI=1S/C27H41NO8/c1-7-28-12-23(3)9-8-18(32-5)25-16-10-15-17(31-4)11-24(19(16)20(15)33-6)26(21(25)28,35-13-34-24)22(27(23,25)30)36-14(2)29/h15-22,30H,7-13H2,1-6H3/t15-,16-,17+,18+,19-,20+,21+,22-,23+,24-,25-,26+,27+/m1/s1. The van der Waals surface area contributed by atoms with Gasteiger partial charge in [0.15, 0.2) is 11.7 Å². The molecule has 0 unspecified atom stereocenters. The van der Waals surface area contributed by atoms with E-state index in [0.29, 0.717) is 13.0 Å². The number of fused-ring (bicyclic) bond motifs is 1. The van der Waals surface area contributed by atoms with Crippen LogP contribution in [-0.2, 0) is 33.2 Å². The van der Waals surface area contributed by atoms with Gasteiger partial charge in [0.25, 0.3) is 0 Å². The van der Waals surface area contributed by atoms with E-state index in [2.05, 4.69) is 18.7 Å². The number of likely N-dealkylation sites (tertiary alicyclic amines) is 1. The summed E-state index contributed by atoms with van der Waals surface area (Å²) < 4.78 is 38.7. The molecule has 2 heterocycles. The number of hydrogen-bond acceptors (Lipinski definition) is 9. The highest BCUT2D eigenvalue weighted by molar-refractivity contribution is 5.67. The molecule has 2 saturated heterocycles. The maximum Gasteiger partial charge on any atom is 0.303 e. The van der Waals surface area contributed by atoms with Crippen molar-refractivity contribution < 1.29 is 38.3 Å². The molecular formula is C27H41NO8. The molecule has 9 heteroatoms. The molecule has 5 aliphatic carbocycles. The molecule has 36 heavy (non-hydrogen) atoms. The summed E-state index contributed by atoms with van der Waals surface area (Å²) >= 11 is 0. The number of esters is 1. The fourth-order valence-electron chi connectivity index (χ4n) is 11.7. The van der Waals surface area contributed by atoms with E-state index in [1.54, 1.807) is 21.3 Å². The molecule has 0 amide bonds. The quantitative estimate of drug-likeness (QED) is 0.553. The van der Waals surface area contributed by atoms with Gasteiger partial charge in [-0.25, -0.2) is 0 Å². The zero-order valence-electron chi connectivity index (χ0n) is 22.3. The maximum atomic E-state index is 13.4. The number of piperidine rings is 1. The Morgan fingerprint density at radius 2 is 1.94 bits per heavy atom. The van der Waals surface area contributed by atoms with Gasteiger partial charge in [-0.1, -0.05) is 13.8 Å². The number of carbonyl (C=O) groups excluding carboxylic acids is 1. The summed E-state index contributed by atoms with van der Waals surface area (Å²) in [5.41, 5.74) is -4.44. The molecule has 7 fully saturated rings. The topological polar surface area (TPSA) is 95.9 Å². The molecule has 202 valence electrons. The van der Waals surface area contributed by atoms with Gasteiger partial charge in [0.2, 0.25) is 0 Å². The van der Waals surface area contributed by atoms with Crippen LogP contribution in [0.2, 0.25) is 0 Å². The zero-order chi connectivity index (χ0) is 25.5. The monoisotopic (exact) mass is 507 g/mol. The van der Waals surface area contributed by atoms with Crippen molar-refractivity contribution in [3.05, 3.63) is 0 Å². The van der Waals surface area contributed by atoms with E-state index in [4.69, 9.17) is 28.4 Å². The van der Waals surface area contributed by atoms with Gasteiger partial charge in [-0.05, 0) is 31.7 Å². The average Bonchev–Trinajstić information content (AvgIpc) is 3.42. The van der Waals surface area contributed by atoms with Crippen molar-refractivity contribution in [2.45, 2.75) is 93.7 Å². The van der Waals surface area contributed by atoms with Crippen molar-refractivity contribution in [3.8, 4) is 0 Å². The van der Waals surface area contributed by atoms with Crippen LogP contribution in [0, 0.1) is 28.6 Å². The Labute approximate surface area is 213 Å². The van der Waals surface area contributed by atoms with Crippen LogP contribution < -0.4 is 0 Å². The lowest BCUT2D eigenvalue weighted by molar-refractivity contribution is -0.324. The van der Waals surface area contributed by atoms with Gasteiger partial charge in [0.05, 0.1) is 29.8 Å². The Hall–Kier alpha value is -0.810. The number of hydrogen-bond donors (Lipinski definition) is 1. The highest BCUT2D eigenvalue weighted by Gasteiger charge is 2.98. The summed E-state index contributed by atoms with van der Waals surface area (Å²) in [4.78, 5) is 15.3. The number of ether oxygens (including phenoxy) is 6. The third-order valence-electron chi connectivity index (χ3n) is 12.3. The number of likely N-dealkylation sites (N-methyl/N-ethyl adjacent to an activating group) is 1. The largest absolute Gasteiger partial charge is 0.456 e. The Bertz CT molecular complexity index is 979. The van der Waals surface area contributed by atoms with Gasteiger partial charge in [-0.3, -0.25) is 9.69 Å². The molecule has 7 rings (SSSR count). The van der Waals surface area contributed by atoms with Crippen molar-refractivity contribution in [1.82, 2.24) is 4.90 Å². The minimum absolute atomic E-state index is 0.0264. The Kier molecular flexibility index (Phi) is 4.87. The first kappa shape index (κ1) is 24.2. The summed E-state index contributed by atoms with van der Waals surface area (Å²) in [6.45, 7) is 7.39. The number of methoxy groups -OCH3 is 3. The summed E-state index contributed by atoms with van der Waals surface area (Å²) in [7, 11) is 5.31. The van der Waals surface area contributed by atoms with Crippen LogP contribution in [0.1, 0.15) is 46.5 Å². The third kappa shape index (κ3) is 2.09. The van der Waals surface area contributed by atoms with Crippen LogP contribution in [0.4, 0.5) is 0 Å². The van der Waals surface area contributed by atoms with Crippen molar-refractivity contribution in [2.24, 2.45) is 28.6 Å². The van der Waals surface area contributed by atoms with Crippen LogP contribution in [-0.4, -0.2) is 104 Å². The average molecular weight is 508 g/mol. The first-order valence-electron chi connectivity index (χ1n) is 13.7. The second-order valence-corrected chi connectivity index (χ2v) is 12.8. The first-order chi connectivity index (χ1) is 17.2. The molecule has 0 aromatic carbocycles. The number of rotatable bonds is 5. The Morgan fingerprint density at radius 1 is 1.17 bits per heavy atom. The number of carbonyl (C=O) groups is 1. The fourth-order valence-corrected chi connectivity index (χ4v) is 11.7. The van der Waals surface area contributed by atoms with Crippen LogP contribution in [0.15, 0.2) is 0 Å². The predicted molar refractivity (Wildman–Crippen MR) is 126 cm³/mol. The normalized spacial score (nSPS) is 60.2. The van der Waals surface area contributed by atoms with E-state index in [1.165, 1.54) is 6.92 Å². The molecule has 0 aromatic rings. The zero-order valence-corrected chi connectivity index (χ0v) is 22.3. The van der Waals surface area contributed by atoms with E-state index in [0.717, 1.165) is 25.8 Å². The van der Waals surface area contributed by atoms with Crippen LogP contribution in [0.5, 0.6) is 0 Å². The molecule has 0 radical (unpaired) electrons. The van der Waals surface area contributed by atoms with Crippen LogP contribution >= 0.6 is 0 Å². The van der Waals surface area contributed by atoms with Crippen molar-refractivity contribution >= 4 is 5.97 Å². The van der Waals surface area contributed by atoms with Gasteiger partial charge < -0.3 is 33.5 Å². The molecule has 7 aliphatic rings. The van der Waals surface area contributed by atoms with E-state index in [9.17, 15) is 9.90 Å². The van der Waals surface area contributed by atoms with E-state index < -0.39 is 39.7 Å². The minimum atomic E-state index is -1.34. The lowest BCUT2D eigenvalue weighted by Crippen LogP contribution is -2.83. The SMILES string of the molecule is CCN1C[C@]2(C)CC[C@H](OC)[C@]34[C@@H]5C[C@H]6[C@H](OC)[C@@H]5[C@@]5(C[C@@H]6OC)OCO[C@@]5([C@@H]13)[C@@H](OC(C)=O)[C@]24O. The maximum absolute atomic E-state index is 13.4. The second kappa shape index (κ2) is 7.23. The molecule has 13 atom stereocenters. The lowest BCUT2D eigenvalue weighted by Gasteiger charge is -2.71. The molecule has 0 aromatic heterocycles. The van der Waals surface area contributed by atoms with E-state index >= 15 is 0 Å². The molecule has 1 N–H and O–H groups in total. The van der Waals surface area contributed by atoms with Gasteiger partial charge in [-0.2, -0.15) is 0 Å². The summed E-state index contributed by atoms with van der Waals surface area (Å²) in [6.07, 6.45) is 1.83. The van der Waals surface area contributed by atoms with Crippen LogP contribution in [0.25, 0.3) is 0 Å². The second-order valence-electron chi connectivity index (χ2n) is 12.8.